The van der Waals surface area contributed by atoms with Crippen LogP contribution in [0.2, 0.25) is 0 Å². The minimum absolute atomic E-state index is 0.0284. The summed E-state index contributed by atoms with van der Waals surface area (Å²) < 4.78 is 42.4. The van der Waals surface area contributed by atoms with E-state index in [0.717, 1.165) is 5.56 Å². The second-order valence-corrected chi connectivity index (χ2v) is 9.95. The first-order valence-corrected chi connectivity index (χ1v) is 11.5. The molecule has 7 heteroatoms. The van der Waals surface area contributed by atoms with Crippen molar-refractivity contribution in [3.8, 4) is 5.75 Å². The highest BCUT2D eigenvalue weighted by atomic mass is 32.2. The Morgan fingerprint density at radius 3 is 2.34 bits per heavy atom. The highest BCUT2D eigenvalue weighted by molar-refractivity contribution is 7.91. The molecule has 3 rings (SSSR count). The number of nitrogens with zero attached hydrogens (tertiary/aromatic N) is 1. The average molecular weight is 420 g/mol. The van der Waals surface area contributed by atoms with Gasteiger partial charge in [-0.2, -0.15) is 0 Å². The molecule has 1 atom stereocenters. The van der Waals surface area contributed by atoms with Crippen LogP contribution in [-0.2, 0) is 21.2 Å². The van der Waals surface area contributed by atoms with Crippen molar-refractivity contribution >= 4 is 15.7 Å². The van der Waals surface area contributed by atoms with E-state index < -0.39 is 9.84 Å². The highest BCUT2D eigenvalue weighted by Gasteiger charge is 2.34. The van der Waals surface area contributed by atoms with E-state index in [2.05, 4.69) is 13.8 Å². The predicted molar refractivity (Wildman–Crippen MR) is 110 cm³/mol. The van der Waals surface area contributed by atoms with Crippen LogP contribution >= 0.6 is 0 Å². The van der Waals surface area contributed by atoms with Crippen LogP contribution in [0.4, 0.5) is 4.39 Å². The summed E-state index contributed by atoms with van der Waals surface area (Å²) in [6.07, 6.45) is 0.425. The monoisotopic (exact) mass is 419 g/mol. The van der Waals surface area contributed by atoms with Crippen LogP contribution in [-0.4, -0.2) is 43.4 Å². The summed E-state index contributed by atoms with van der Waals surface area (Å²) in [6.45, 7) is 4.32. The van der Waals surface area contributed by atoms with Crippen LogP contribution in [0.3, 0.4) is 0 Å². The van der Waals surface area contributed by atoms with E-state index in [1.807, 2.05) is 24.3 Å². The molecule has 2 aromatic carbocycles. The first-order chi connectivity index (χ1) is 13.7. The summed E-state index contributed by atoms with van der Waals surface area (Å²) in [6, 6.07) is 13.1. The van der Waals surface area contributed by atoms with Crippen LogP contribution in [0.5, 0.6) is 5.75 Å². The van der Waals surface area contributed by atoms with Gasteiger partial charge in [0.1, 0.15) is 11.6 Å². The lowest BCUT2D eigenvalue weighted by Crippen LogP contribution is -2.43. The summed E-state index contributed by atoms with van der Waals surface area (Å²) >= 11 is 0. The molecule has 0 unspecified atom stereocenters. The quantitative estimate of drug-likeness (QED) is 0.689. The molecular weight excluding hydrogens is 393 g/mol. The van der Waals surface area contributed by atoms with E-state index in [0.29, 0.717) is 24.6 Å². The number of ether oxygens (including phenoxy) is 1. The van der Waals surface area contributed by atoms with E-state index in [1.54, 1.807) is 4.90 Å². The lowest BCUT2D eigenvalue weighted by molar-refractivity contribution is -0.136. The number of amides is 1. The maximum Gasteiger partial charge on any atom is 0.261 e. The third-order valence-electron chi connectivity index (χ3n) is 5.14. The van der Waals surface area contributed by atoms with E-state index in [9.17, 15) is 17.6 Å². The molecule has 0 N–H and O–H groups in total. The first-order valence-electron chi connectivity index (χ1n) is 9.70. The second-order valence-electron chi connectivity index (χ2n) is 7.72. The molecule has 1 fully saturated rings. The fourth-order valence-corrected chi connectivity index (χ4v) is 5.14. The van der Waals surface area contributed by atoms with Gasteiger partial charge in [-0.15, -0.1) is 0 Å². The second kappa shape index (κ2) is 8.95. The molecule has 0 bridgehead atoms. The SMILES string of the molecule is CC(C)c1ccc(CN(C(=O)COc2ccc(F)cc2)[C@H]2CCS(=O)(=O)C2)cc1. The molecule has 1 aliphatic heterocycles. The Morgan fingerprint density at radius 1 is 1.14 bits per heavy atom. The van der Waals surface area contributed by atoms with Crippen LogP contribution in [0.25, 0.3) is 0 Å². The maximum atomic E-state index is 13.0. The Bertz CT molecular complexity index is 940. The lowest BCUT2D eigenvalue weighted by Gasteiger charge is -2.28. The summed E-state index contributed by atoms with van der Waals surface area (Å²) in [4.78, 5) is 14.5. The average Bonchev–Trinajstić information content (AvgIpc) is 3.05. The Balaban J connectivity index is 1.73. The fourth-order valence-electron chi connectivity index (χ4n) is 3.41. The molecule has 1 heterocycles. The largest absolute Gasteiger partial charge is 0.484 e. The fraction of sp³-hybridized carbons (Fsp3) is 0.409. The van der Waals surface area contributed by atoms with Crippen LogP contribution in [0.1, 0.15) is 37.3 Å². The third kappa shape index (κ3) is 5.79. The van der Waals surface area contributed by atoms with Crippen molar-refractivity contribution < 1.29 is 22.3 Å². The van der Waals surface area contributed by atoms with E-state index in [1.165, 1.54) is 29.8 Å². The summed E-state index contributed by atoms with van der Waals surface area (Å²) in [7, 11) is -3.13. The van der Waals surface area contributed by atoms with Gasteiger partial charge in [-0.05, 0) is 47.7 Å². The third-order valence-corrected chi connectivity index (χ3v) is 6.90. The number of rotatable bonds is 7. The van der Waals surface area contributed by atoms with Gasteiger partial charge in [-0.3, -0.25) is 4.79 Å². The zero-order valence-corrected chi connectivity index (χ0v) is 17.5. The number of benzene rings is 2. The molecule has 1 aliphatic rings. The maximum absolute atomic E-state index is 13.0. The van der Waals surface area contributed by atoms with E-state index in [4.69, 9.17) is 4.74 Å². The number of halogens is 1. The molecule has 0 radical (unpaired) electrons. The van der Waals surface area contributed by atoms with Crippen LogP contribution in [0.15, 0.2) is 48.5 Å². The summed E-state index contributed by atoms with van der Waals surface area (Å²) in [5.74, 6) is 0.188. The van der Waals surface area contributed by atoms with Crippen LogP contribution in [0, 0.1) is 5.82 Å². The number of carbonyl (C=O) groups excluding carboxylic acids is 1. The molecule has 156 valence electrons. The van der Waals surface area contributed by atoms with E-state index >= 15 is 0 Å². The van der Waals surface area contributed by atoms with Gasteiger partial charge in [0.05, 0.1) is 11.5 Å². The van der Waals surface area contributed by atoms with Gasteiger partial charge >= 0.3 is 0 Å². The van der Waals surface area contributed by atoms with Crippen molar-refractivity contribution in [2.24, 2.45) is 0 Å². The lowest BCUT2D eigenvalue weighted by atomic mass is 10.0. The van der Waals surface area contributed by atoms with Crippen molar-refractivity contribution in [2.45, 2.75) is 38.8 Å². The molecule has 0 spiro atoms. The normalized spacial score (nSPS) is 18.0. The number of hydrogen-bond acceptors (Lipinski definition) is 4. The molecule has 0 saturated carbocycles. The Hall–Kier alpha value is -2.41. The van der Waals surface area contributed by atoms with Gasteiger partial charge in [0.25, 0.3) is 5.91 Å². The summed E-state index contributed by atoms with van der Waals surface area (Å²) in [5.41, 5.74) is 2.14. The van der Waals surface area contributed by atoms with Crippen molar-refractivity contribution in [3.05, 3.63) is 65.5 Å². The van der Waals surface area contributed by atoms with Gasteiger partial charge in [0, 0.05) is 12.6 Å². The Labute approximate surface area is 171 Å². The molecule has 0 aliphatic carbocycles. The van der Waals surface area contributed by atoms with Crippen molar-refractivity contribution in [1.29, 1.82) is 0 Å². The van der Waals surface area contributed by atoms with Crippen LogP contribution < -0.4 is 4.74 Å². The molecule has 2 aromatic rings. The molecular formula is C22H26FNO4S. The Morgan fingerprint density at radius 2 is 1.79 bits per heavy atom. The van der Waals surface area contributed by atoms with Crippen molar-refractivity contribution in [2.75, 3.05) is 18.1 Å². The topological polar surface area (TPSA) is 63.7 Å². The first kappa shape index (κ1) is 21.3. The minimum Gasteiger partial charge on any atom is -0.484 e. The molecule has 29 heavy (non-hydrogen) atoms. The standard InChI is InChI=1S/C22H26FNO4S/c1-16(2)18-5-3-17(4-6-18)13-24(20-11-12-29(26,27)15-20)22(25)14-28-21-9-7-19(23)8-10-21/h3-10,16,20H,11-15H2,1-2H3/t20-/m0/s1. The van der Waals surface area contributed by atoms with Crippen molar-refractivity contribution in [3.63, 3.8) is 0 Å². The number of hydrogen-bond donors (Lipinski definition) is 0. The zero-order chi connectivity index (χ0) is 21.0. The van der Waals surface area contributed by atoms with Gasteiger partial charge in [-0.1, -0.05) is 38.1 Å². The van der Waals surface area contributed by atoms with Gasteiger partial charge in [0.2, 0.25) is 0 Å². The van der Waals surface area contributed by atoms with Crippen molar-refractivity contribution in [1.82, 2.24) is 4.90 Å². The van der Waals surface area contributed by atoms with Gasteiger partial charge in [-0.25, -0.2) is 12.8 Å². The Kier molecular flexibility index (Phi) is 6.57. The van der Waals surface area contributed by atoms with Gasteiger partial charge in [0.15, 0.2) is 16.4 Å². The van der Waals surface area contributed by atoms with Gasteiger partial charge < -0.3 is 9.64 Å². The smallest absolute Gasteiger partial charge is 0.261 e. The number of sulfone groups is 1. The van der Waals surface area contributed by atoms with E-state index in [-0.39, 0.29) is 35.9 Å². The zero-order valence-electron chi connectivity index (χ0n) is 16.7. The summed E-state index contributed by atoms with van der Waals surface area (Å²) in [5, 5.41) is 0. The molecule has 1 saturated heterocycles. The molecule has 1 amide bonds. The number of carbonyl (C=O) groups is 1. The highest BCUT2D eigenvalue weighted by Crippen LogP contribution is 2.22. The molecule has 0 aromatic heterocycles. The predicted octanol–water partition coefficient (Wildman–Crippen LogP) is 3.54. The molecule has 5 nitrogen and oxygen atoms in total. The minimum atomic E-state index is -3.13.